The van der Waals surface area contributed by atoms with E-state index in [0.29, 0.717) is 0 Å². The maximum absolute atomic E-state index is 10.5. The molecule has 0 amide bonds. The summed E-state index contributed by atoms with van der Waals surface area (Å²) in [5, 5.41) is 13.9. The summed E-state index contributed by atoms with van der Waals surface area (Å²) in [6, 6.07) is 12.0. The number of hydrogen-bond acceptors (Lipinski definition) is 3. The van der Waals surface area contributed by atoms with E-state index in [1.165, 1.54) is 11.1 Å². The minimum Gasteiger partial charge on any atom is -0.386 e. The first-order valence-electron chi connectivity index (χ1n) is 6.25. The highest BCUT2D eigenvalue weighted by molar-refractivity contribution is 5.34. The average Bonchev–Trinajstić information content (AvgIpc) is 2.47. The van der Waals surface area contributed by atoms with Gasteiger partial charge in [0, 0.05) is 18.0 Å². The molecule has 0 fully saturated rings. The summed E-state index contributed by atoms with van der Waals surface area (Å²) in [7, 11) is 0. The lowest BCUT2D eigenvalue weighted by Crippen LogP contribution is -2.33. The van der Waals surface area contributed by atoms with Crippen molar-refractivity contribution in [3.8, 4) is 0 Å². The molecular formula is C15H16N2O. The van der Waals surface area contributed by atoms with Crippen LogP contribution in [0.15, 0.2) is 48.8 Å². The largest absolute Gasteiger partial charge is 0.386 e. The molecule has 0 bridgehead atoms. The van der Waals surface area contributed by atoms with Crippen molar-refractivity contribution < 1.29 is 5.11 Å². The summed E-state index contributed by atoms with van der Waals surface area (Å²) in [5.74, 6) is 0. The molecule has 2 heterocycles. The summed E-state index contributed by atoms with van der Waals surface area (Å²) in [5.41, 5.74) is 3.37. The molecule has 2 unspecified atom stereocenters. The minimum atomic E-state index is -0.555. The molecule has 92 valence electrons. The maximum Gasteiger partial charge on any atom is 0.0999 e. The lowest BCUT2D eigenvalue weighted by atomic mass is 9.89. The van der Waals surface area contributed by atoms with Crippen LogP contribution in [0.2, 0.25) is 0 Å². The SMILES string of the molecule is OC(c1cccnc1)C1NCCc2ccccc21. The molecule has 3 nitrogen and oxygen atoms in total. The molecule has 2 N–H and O–H groups in total. The van der Waals surface area contributed by atoms with Crippen LogP contribution in [0.4, 0.5) is 0 Å². The molecule has 1 aliphatic rings. The van der Waals surface area contributed by atoms with E-state index in [0.717, 1.165) is 18.5 Å². The van der Waals surface area contributed by atoms with Crippen LogP contribution < -0.4 is 5.32 Å². The second-order valence-corrected chi connectivity index (χ2v) is 4.61. The van der Waals surface area contributed by atoms with Crippen molar-refractivity contribution in [3.05, 3.63) is 65.5 Å². The molecule has 2 aromatic rings. The monoisotopic (exact) mass is 240 g/mol. The topological polar surface area (TPSA) is 45.2 Å². The van der Waals surface area contributed by atoms with Gasteiger partial charge in [-0.25, -0.2) is 0 Å². The minimum absolute atomic E-state index is 0.0425. The number of rotatable bonds is 2. The number of aromatic nitrogens is 1. The third-order valence-electron chi connectivity index (χ3n) is 3.49. The van der Waals surface area contributed by atoms with Gasteiger partial charge in [-0.15, -0.1) is 0 Å². The van der Waals surface area contributed by atoms with Crippen LogP contribution in [0.1, 0.15) is 28.8 Å². The average molecular weight is 240 g/mol. The number of benzene rings is 1. The van der Waals surface area contributed by atoms with E-state index in [4.69, 9.17) is 0 Å². The molecule has 1 aromatic heterocycles. The van der Waals surface area contributed by atoms with Gasteiger partial charge >= 0.3 is 0 Å². The van der Waals surface area contributed by atoms with Gasteiger partial charge < -0.3 is 10.4 Å². The second-order valence-electron chi connectivity index (χ2n) is 4.61. The van der Waals surface area contributed by atoms with Gasteiger partial charge in [0.2, 0.25) is 0 Å². The van der Waals surface area contributed by atoms with E-state index in [-0.39, 0.29) is 6.04 Å². The van der Waals surface area contributed by atoms with Crippen molar-refractivity contribution in [1.29, 1.82) is 0 Å². The molecule has 3 rings (SSSR count). The Hall–Kier alpha value is -1.71. The predicted molar refractivity (Wildman–Crippen MR) is 70.1 cm³/mol. The van der Waals surface area contributed by atoms with Crippen LogP contribution in [0, 0.1) is 0 Å². The van der Waals surface area contributed by atoms with Gasteiger partial charge in [-0.3, -0.25) is 4.98 Å². The summed E-state index contributed by atoms with van der Waals surface area (Å²) >= 11 is 0. The molecule has 0 saturated carbocycles. The Bertz CT molecular complexity index is 527. The summed E-state index contributed by atoms with van der Waals surface area (Å²) in [6.07, 6.45) is 3.91. The molecule has 0 saturated heterocycles. The molecule has 3 heteroatoms. The van der Waals surface area contributed by atoms with Gasteiger partial charge in [0.15, 0.2) is 0 Å². The molecular weight excluding hydrogens is 224 g/mol. The van der Waals surface area contributed by atoms with Crippen molar-refractivity contribution in [2.24, 2.45) is 0 Å². The Balaban J connectivity index is 1.94. The Morgan fingerprint density at radius 3 is 2.94 bits per heavy atom. The number of nitrogens with one attached hydrogen (secondary N) is 1. The fourth-order valence-corrected chi connectivity index (χ4v) is 2.56. The number of aliphatic hydroxyl groups is 1. The standard InChI is InChI=1S/C15H16N2O/c18-15(12-5-3-8-16-10-12)14-13-6-2-1-4-11(13)7-9-17-14/h1-6,8,10,14-15,17-18H,7,9H2. The Morgan fingerprint density at radius 2 is 2.11 bits per heavy atom. The Kier molecular flexibility index (Phi) is 3.09. The summed E-state index contributed by atoms with van der Waals surface area (Å²) < 4.78 is 0. The molecule has 1 aromatic carbocycles. The number of hydrogen-bond donors (Lipinski definition) is 2. The quantitative estimate of drug-likeness (QED) is 0.844. The van der Waals surface area contributed by atoms with Crippen LogP contribution in [0.3, 0.4) is 0 Å². The number of aliphatic hydroxyl groups excluding tert-OH is 1. The third kappa shape index (κ3) is 2.03. The fraction of sp³-hybridized carbons (Fsp3) is 0.267. The van der Waals surface area contributed by atoms with E-state index in [9.17, 15) is 5.11 Å². The predicted octanol–water partition coefficient (Wildman–Crippen LogP) is 2.00. The molecule has 18 heavy (non-hydrogen) atoms. The Labute approximate surface area is 107 Å². The van der Waals surface area contributed by atoms with E-state index in [1.807, 2.05) is 18.2 Å². The second kappa shape index (κ2) is 4.88. The van der Waals surface area contributed by atoms with Crippen LogP contribution in [-0.4, -0.2) is 16.6 Å². The van der Waals surface area contributed by atoms with Gasteiger partial charge in [0.25, 0.3) is 0 Å². The smallest absolute Gasteiger partial charge is 0.0999 e. The first-order chi connectivity index (χ1) is 8.86. The first kappa shape index (κ1) is 11.4. The first-order valence-corrected chi connectivity index (χ1v) is 6.25. The summed E-state index contributed by atoms with van der Waals surface area (Å²) in [6.45, 7) is 0.902. The highest BCUT2D eigenvalue weighted by Crippen LogP contribution is 2.32. The zero-order valence-corrected chi connectivity index (χ0v) is 10.1. The normalized spacial score (nSPS) is 20.2. The Morgan fingerprint density at radius 1 is 1.22 bits per heavy atom. The maximum atomic E-state index is 10.5. The van der Waals surface area contributed by atoms with Gasteiger partial charge in [0.1, 0.15) is 0 Å². The van der Waals surface area contributed by atoms with E-state index in [1.54, 1.807) is 12.4 Å². The number of pyridine rings is 1. The van der Waals surface area contributed by atoms with Gasteiger partial charge in [-0.1, -0.05) is 30.3 Å². The van der Waals surface area contributed by atoms with E-state index < -0.39 is 6.10 Å². The molecule has 0 spiro atoms. The van der Waals surface area contributed by atoms with Crippen LogP contribution in [0.25, 0.3) is 0 Å². The number of nitrogens with zero attached hydrogens (tertiary/aromatic N) is 1. The zero-order valence-electron chi connectivity index (χ0n) is 10.1. The van der Waals surface area contributed by atoms with Crippen LogP contribution in [-0.2, 0) is 6.42 Å². The van der Waals surface area contributed by atoms with E-state index >= 15 is 0 Å². The van der Waals surface area contributed by atoms with E-state index in [2.05, 4.69) is 28.5 Å². The third-order valence-corrected chi connectivity index (χ3v) is 3.49. The molecule has 1 aliphatic heterocycles. The molecule has 0 radical (unpaired) electrons. The van der Waals surface area contributed by atoms with Gasteiger partial charge in [0.05, 0.1) is 12.1 Å². The van der Waals surface area contributed by atoms with Gasteiger partial charge in [-0.2, -0.15) is 0 Å². The van der Waals surface area contributed by atoms with Crippen molar-refractivity contribution in [1.82, 2.24) is 10.3 Å². The van der Waals surface area contributed by atoms with Crippen molar-refractivity contribution >= 4 is 0 Å². The fourth-order valence-electron chi connectivity index (χ4n) is 2.56. The molecule has 2 atom stereocenters. The van der Waals surface area contributed by atoms with Crippen molar-refractivity contribution in [2.45, 2.75) is 18.6 Å². The van der Waals surface area contributed by atoms with Crippen molar-refractivity contribution in [3.63, 3.8) is 0 Å². The van der Waals surface area contributed by atoms with Gasteiger partial charge in [-0.05, 0) is 30.2 Å². The van der Waals surface area contributed by atoms with Crippen LogP contribution in [0.5, 0.6) is 0 Å². The van der Waals surface area contributed by atoms with Crippen LogP contribution >= 0.6 is 0 Å². The van der Waals surface area contributed by atoms with Crippen molar-refractivity contribution in [2.75, 3.05) is 6.54 Å². The lowest BCUT2D eigenvalue weighted by Gasteiger charge is -2.30. The highest BCUT2D eigenvalue weighted by Gasteiger charge is 2.26. The summed E-state index contributed by atoms with van der Waals surface area (Å²) in [4.78, 5) is 4.07. The highest BCUT2D eigenvalue weighted by atomic mass is 16.3. The zero-order chi connectivity index (χ0) is 12.4. The molecule has 0 aliphatic carbocycles. The number of fused-ring (bicyclic) bond motifs is 1. The lowest BCUT2D eigenvalue weighted by molar-refractivity contribution is 0.125.